The molecule has 0 saturated carbocycles. The molecule has 1 aromatic rings. The number of carbonyl (C=O) groups excluding carboxylic acids is 1. The molecule has 0 aliphatic heterocycles. The van der Waals surface area contributed by atoms with E-state index < -0.39 is 17.4 Å². The fourth-order valence-electron chi connectivity index (χ4n) is 1.25. The summed E-state index contributed by atoms with van der Waals surface area (Å²) in [5, 5.41) is 14.0. The average Bonchev–Trinajstić information content (AvgIpc) is 2.36. The Hall–Kier alpha value is -2.24. The van der Waals surface area contributed by atoms with E-state index in [1.54, 1.807) is 38.1 Å². The maximum absolute atomic E-state index is 11.6. The molecule has 0 spiro atoms. The summed E-state index contributed by atoms with van der Waals surface area (Å²) in [5.74, 6) is -0.335. The monoisotopic (exact) mass is 266 g/mol. The van der Waals surface area contributed by atoms with Gasteiger partial charge in [0.05, 0.1) is 12.5 Å². The van der Waals surface area contributed by atoms with Crippen molar-refractivity contribution in [1.82, 2.24) is 5.32 Å². The number of ether oxygens (including phenoxy) is 1. The number of carboxylic acid groups (broad SMARTS) is 1. The molecule has 6 nitrogen and oxygen atoms in total. The number of nitrogens with one attached hydrogen (secondary N) is 2. The van der Waals surface area contributed by atoms with E-state index >= 15 is 0 Å². The van der Waals surface area contributed by atoms with E-state index in [4.69, 9.17) is 9.84 Å². The summed E-state index contributed by atoms with van der Waals surface area (Å²) in [4.78, 5) is 22.5. The number of carboxylic acids is 1. The fraction of sp³-hybridized carbons (Fsp3) is 0.385. The molecule has 0 saturated heterocycles. The van der Waals surface area contributed by atoms with Crippen LogP contribution in [0.2, 0.25) is 0 Å². The molecule has 2 amide bonds. The van der Waals surface area contributed by atoms with Crippen LogP contribution in [0.25, 0.3) is 0 Å². The second kappa shape index (κ2) is 6.08. The third-order valence-corrected chi connectivity index (χ3v) is 2.60. The Morgan fingerprint density at radius 3 is 2.63 bits per heavy atom. The lowest BCUT2D eigenvalue weighted by molar-refractivity contribution is -0.146. The SMILES string of the molecule is COc1cccc(NC(=O)NCC(C)(C)C(=O)O)c1. The summed E-state index contributed by atoms with van der Waals surface area (Å²) in [6.45, 7) is 3.13. The Morgan fingerprint density at radius 2 is 2.05 bits per heavy atom. The molecule has 19 heavy (non-hydrogen) atoms. The third-order valence-electron chi connectivity index (χ3n) is 2.60. The van der Waals surface area contributed by atoms with Crippen LogP contribution in [-0.4, -0.2) is 30.8 Å². The van der Waals surface area contributed by atoms with Crippen molar-refractivity contribution in [3.8, 4) is 5.75 Å². The molecule has 0 aromatic heterocycles. The zero-order valence-electron chi connectivity index (χ0n) is 11.2. The summed E-state index contributed by atoms with van der Waals surface area (Å²) < 4.78 is 5.03. The van der Waals surface area contributed by atoms with Crippen molar-refractivity contribution in [2.75, 3.05) is 19.0 Å². The van der Waals surface area contributed by atoms with Crippen LogP contribution < -0.4 is 15.4 Å². The third kappa shape index (κ3) is 4.50. The van der Waals surface area contributed by atoms with Crippen molar-refractivity contribution in [3.05, 3.63) is 24.3 Å². The van der Waals surface area contributed by atoms with Crippen LogP contribution in [0.1, 0.15) is 13.8 Å². The van der Waals surface area contributed by atoms with Gasteiger partial charge in [-0.05, 0) is 26.0 Å². The van der Waals surface area contributed by atoms with Gasteiger partial charge in [0.15, 0.2) is 0 Å². The molecule has 0 atom stereocenters. The van der Waals surface area contributed by atoms with E-state index in [0.717, 1.165) is 0 Å². The number of hydrogen-bond donors (Lipinski definition) is 3. The van der Waals surface area contributed by atoms with Gasteiger partial charge in [-0.3, -0.25) is 4.79 Å². The molecule has 0 bridgehead atoms. The van der Waals surface area contributed by atoms with Crippen LogP contribution in [0.5, 0.6) is 5.75 Å². The van der Waals surface area contributed by atoms with Crippen molar-refractivity contribution in [2.24, 2.45) is 5.41 Å². The van der Waals surface area contributed by atoms with Crippen LogP contribution in [-0.2, 0) is 4.79 Å². The first-order valence-electron chi connectivity index (χ1n) is 5.77. The summed E-state index contributed by atoms with van der Waals surface area (Å²) in [6.07, 6.45) is 0. The molecule has 0 unspecified atom stereocenters. The molecule has 104 valence electrons. The number of rotatable bonds is 5. The highest BCUT2D eigenvalue weighted by Gasteiger charge is 2.27. The standard InChI is InChI=1S/C13H18N2O4/c1-13(2,11(16)17)8-14-12(18)15-9-5-4-6-10(7-9)19-3/h4-7H,8H2,1-3H3,(H,16,17)(H2,14,15,18). The molecule has 3 N–H and O–H groups in total. The molecule has 0 fully saturated rings. The molecule has 0 aliphatic rings. The van der Waals surface area contributed by atoms with Gasteiger partial charge in [-0.15, -0.1) is 0 Å². The van der Waals surface area contributed by atoms with Crippen LogP contribution in [0.4, 0.5) is 10.5 Å². The Labute approximate surface area is 111 Å². The number of anilines is 1. The Kier molecular flexibility index (Phi) is 4.74. The first-order chi connectivity index (χ1) is 8.85. The van der Waals surface area contributed by atoms with Crippen LogP contribution >= 0.6 is 0 Å². The van der Waals surface area contributed by atoms with Crippen molar-refractivity contribution < 1.29 is 19.4 Å². The van der Waals surface area contributed by atoms with Crippen molar-refractivity contribution in [1.29, 1.82) is 0 Å². The molecule has 1 aromatic carbocycles. The molecule has 0 aliphatic carbocycles. The fourth-order valence-corrected chi connectivity index (χ4v) is 1.25. The Bertz CT molecular complexity index is 471. The van der Waals surface area contributed by atoms with E-state index in [2.05, 4.69) is 10.6 Å². The Morgan fingerprint density at radius 1 is 1.37 bits per heavy atom. The summed E-state index contributed by atoms with van der Waals surface area (Å²) in [6, 6.07) is 6.43. The van der Waals surface area contributed by atoms with Gasteiger partial charge in [-0.25, -0.2) is 4.79 Å². The number of amides is 2. The number of urea groups is 1. The predicted molar refractivity (Wildman–Crippen MR) is 71.4 cm³/mol. The van der Waals surface area contributed by atoms with Crippen molar-refractivity contribution in [3.63, 3.8) is 0 Å². The van der Waals surface area contributed by atoms with Crippen LogP contribution in [0, 0.1) is 5.41 Å². The topological polar surface area (TPSA) is 87.7 Å². The largest absolute Gasteiger partial charge is 0.497 e. The van der Waals surface area contributed by atoms with Gasteiger partial charge in [0.25, 0.3) is 0 Å². The van der Waals surface area contributed by atoms with Crippen molar-refractivity contribution in [2.45, 2.75) is 13.8 Å². The molecule has 0 radical (unpaired) electrons. The second-order valence-corrected chi connectivity index (χ2v) is 4.73. The van der Waals surface area contributed by atoms with Gasteiger partial charge >= 0.3 is 12.0 Å². The maximum Gasteiger partial charge on any atom is 0.319 e. The maximum atomic E-state index is 11.6. The number of hydrogen-bond acceptors (Lipinski definition) is 3. The zero-order chi connectivity index (χ0) is 14.5. The first kappa shape index (κ1) is 14.8. The van der Waals surface area contributed by atoms with Gasteiger partial charge < -0.3 is 20.5 Å². The minimum atomic E-state index is -1.01. The van der Waals surface area contributed by atoms with Crippen LogP contribution in [0.3, 0.4) is 0 Å². The minimum Gasteiger partial charge on any atom is -0.497 e. The quantitative estimate of drug-likeness (QED) is 0.759. The van der Waals surface area contributed by atoms with E-state index in [1.165, 1.54) is 7.11 Å². The minimum absolute atomic E-state index is 0.0398. The van der Waals surface area contributed by atoms with E-state index in [1.807, 2.05) is 0 Å². The van der Waals surface area contributed by atoms with Gasteiger partial charge in [0.2, 0.25) is 0 Å². The predicted octanol–water partition coefficient (Wildman–Crippen LogP) is 1.93. The highest BCUT2D eigenvalue weighted by molar-refractivity contribution is 5.89. The van der Waals surface area contributed by atoms with E-state index in [-0.39, 0.29) is 6.54 Å². The molecule has 0 heterocycles. The highest BCUT2D eigenvalue weighted by Crippen LogP contribution is 2.17. The lowest BCUT2D eigenvalue weighted by atomic mass is 9.94. The normalized spacial score (nSPS) is 10.7. The molecule has 6 heteroatoms. The van der Waals surface area contributed by atoms with Gasteiger partial charge in [-0.1, -0.05) is 6.07 Å². The van der Waals surface area contributed by atoms with E-state index in [0.29, 0.717) is 11.4 Å². The van der Waals surface area contributed by atoms with Crippen LogP contribution in [0.15, 0.2) is 24.3 Å². The highest BCUT2D eigenvalue weighted by atomic mass is 16.5. The molecular weight excluding hydrogens is 248 g/mol. The number of aliphatic carboxylic acids is 1. The van der Waals surface area contributed by atoms with Crippen molar-refractivity contribution >= 4 is 17.7 Å². The smallest absolute Gasteiger partial charge is 0.319 e. The lowest BCUT2D eigenvalue weighted by Crippen LogP contribution is -2.40. The first-order valence-corrected chi connectivity index (χ1v) is 5.77. The molecule has 1 rings (SSSR count). The lowest BCUT2D eigenvalue weighted by Gasteiger charge is -2.19. The van der Waals surface area contributed by atoms with E-state index in [9.17, 15) is 9.59 Å². The number of benzene rings is 1. The zero-order valence-corrected chi connectivity index (χ0v) is 11.2. The van der Waals surface area contributed by atoms with Gasteiger partial charge in [-0.2, -0.15) is 0 Å². The average molecular weight is 266 g/mol. The summed E-state index contributed by atoms with van der Waals surface area (Å²) in [7, 11) is 1.54. The summed E-state index contributed by atoms with van der Waals surface area (Å²) >= 11 is 0. The Balaban J connectivity index is 2.54. The number of carbonyl (C=O) groups is 2. The van der Waals surface area contributed by atoms with Gasteiger partial charge in [0.1, 0.15) is 5.75 Å². The number of methoxy groups -OCH3 is 1. The van der Waals surface area contributed by atoms with Gasteiger partial charge in [0, 0.05) is 18.3 Å². The summed E-state index contributed by atoms with van der Waals surface area (Å²) in [5.41, 5.74) is -0.434. The molecular formula is C13H18N2O4. The second-order valence-electron chi connectivity index (χ2n) is 4.73.